The maximum atomic E-state index is 13.7. The van der Waals surface area contributed by atoms with Gasteiger partial charge in [0, 0.05) is 38.3 Å². The van der Waals surface area contributed by atoms with Gasteiger partial charge in [0.05, 0.1) is 18.8 Å². The third-order valence-electron chi connectivity index (χ3n) is 6.01. The number of carbonyl (C=O) groups excluding carboxylic acids is 1. The molecule has 0 aliphatic carbocycles. The number of ether oxygens (including phenoxy) is 1. The molecule has 0 unspecified atom stereocenters. The molecule has 4 N–H and O–H groups in total. The highest BCUT2D eigenvalue weighted by Gasteiger charge is 2.26. The molecule has 0 spiro atoms. The van der Waals surface area contributed by atoms with Crippen LogP contribution < -0.4 is 11.1 Å². The van der Waals surface area contributed by atoms with Crippen molar-refractivity contribution >= 4 is 16.0 Å². The minimum absolute atomic E-state index is 0.0404. The van der Waals surface area contributed by atoms with E-state index in [9.17, 15) is 22.0 Å². The molecule has 2 atom stereocenters. The van der Waals surface area contributed by atoms with E-state index in [0.29, 0.717) is 18.5 Å². The maximum absolute atomic E-state index is 13.7. The summed E-state index contributed by atoms with van der Waals surface area (Å²) in [6.45, 7) is 4.36. The number of hydrogen-bond acceptors (Lipinski definition) is 7. The summed E-state index contributed by atoms with van der Waals surface area (Å²) < 4.78 is 59.3. The predicted molar refractivity (Wildman–Crippen MR) is 143 cm³/mol. The Morgan fingerprint density at radius 3 is 2.39 bits per heavy atom. The molecule has 11 heteroatoms. The van der Waals surface area contributed by atoms with Gasteiger partial charge in [0.25, 0.3) is 0 Å². The van der Waals surface area contributed by atoms with Crippen molar-refractivity contribution in [2.45, 2.75) is 58.2 Å². The second-order valence-electron chi connectivity index (χ2n) is 9.17. The highest BCUT2D eigenvalue weighted by molar-refractivity contribution is 7.89. The van der Waals surface area contributed by atoms with E-state index in [1.807, 2.05) is 25.1 Å². The second-order valence-corrected chi connectivity index (χ2v) is 11.3. The van der Waals surface area contributed by atoms with Crippen LogP contribution in [-0.4, -0.2) is 67.9 Å². The van der Waals surface area contributed by atoms with Crippen molar-refractivity contribution in [3.63, 3.8) is 0 Å². The zero-order valence-electron chi connectivity index (χ0n) is 22.0. The van der Waals surface area contributed by atoms with Gasteiger partial charge in [0.1, 0.15) is 17.7 Å². The van der Waals surface area contributed by atoms with Gasteiger partial charge in [-0.15, -0.1) is 0 Å². The fraction of sp³-hybridized carbons (Fsp3) is 0.519. The molecule has 2 aromatic carbocycles. The van der Waals surface area contributed by atoms with E-state index in [2.05, 4.69) is 18.3 Å². The summed E-state index contributed by atoms with van der Waals surface area (Å²) in [5.74, 6) is -2.70. The van der Waals surface area contributed by atoms with E-state index in [0.717, 1.165) is 22.4 Å². The molecular formula is C27H39F2N3O5S. The Hall–Kier alpha value is -2.44. The number of nitrogens with zero attached hydrogens (tertiary/aromatic N) is 1. The van der Waals surface area contributed by atoms with Crippen molar-refractivity contribution in [1.29, 1.82) is 0 Å². The number of halogens is 2. The van der Waals surface area contributed by atoms with E-state index in [4.69, 9.17) is 15.6 Å². The monoisotopic (exact) mass is 555 g/mol. The normalized spacial score (nSPS) is 13.4. The summed E-state index contributed by atoms with van der Waals surface area (Å²) in [5.41, 5.74) is 8.84. The molecule has 212 valence electrons. The van der Waals surface area contributed by atoms with E-state index in [-0.39, 0.29) is 32.7 Å². The SMILES string of the molecule is CCCN(CCO)S(=O)(=O)CCC(=O)O[C@H](CNCc1cccc(CC)c1)[C@@H](N)Cc1cc(F)cc(F)c1. The van der Waals surface area contributed by atoms with Crippen LogP contribution in [0, 0.1) is 11.6 Å². The lowest BCUT2D eigenvalue weighted by Gasteiger charge is -2.25. The zero-order chi connectivity index (χ0) is 28.1. The number of benzene rings is 2. The number of aliphatic hydroxyl groups is 1. The van der Waals surface area contributed by atoms with Crippen LogP contribution in [0.5, 0.6) is 0 Å². The highest BCUT2D eigenvalue weighted by Crippen LogP contribution is 2.14. The molecule has 0 saturated heterocycles. The quantitative estimate of drug-likeness (QED) is 0.257. The Balaban J connectivity index is 2.08. The van der Waals surface area contributed by atoms with Crippen LogP contribution in [0.15, 0.2) is 42.5 Å². The standard InChI is InChI=1S/C27H39F2N3O5S/c1-3-9-32(10-11-33)38(35,36)12-8-27(34)37-26(19-31-18-21-7-5-6-20(4-2)13-21)25(30)16-22-14-23(28)17-24(29)15-22/h5-7,13-15,17,25-26,31,33H,3-4,8-12,16,18-19,30H2,1-2H3/t25-,26+/m0/s1. The van der Waals surface area contributed by atoms with Crippen LogP contribution in [0.2, 0.25) is 0 Å². The Morgan fingerprint density at radius 2 is 1.76 bits per heavy atom. The molecule has 2 rings (SSSR count). The molecule has 0 radical (unpaired) electrons. The van der Waals surface area contributed by atoms with E-state index in [1.165, 1.54) is 17.7 Å². The first-order chi connectivity index (χ1) is 18.1. The van der Waals surface area contributed by atoms with Gasteiger partial charge in [-0.2, -0.15) is 4.31 Å². The molecule has 0 heterocycles. The topological polar surface area (TPSA) is 122 Å². The lowest BCUT2D eigenvalue weighted by molar-refractivity contribution is -0.149. The molecule has 0 aliphatic rings. The first-order valence-electron chi connectivity index (χ1n) is 12.8. The summed E-state index contributed by atoms with van der Waals surface area (Å²) in [5, 5.41) is 12.4. The number of rotatable bonds is 17. The lowest BCUT2D eigenvalue weighted by atomic mass is 10.0. The van der Waals surface area contributed by atoms with E-state index >= 15 is 0 Å². The summed E-state index contributed by atoms with van der Waals surface area (Å²) in [7, 11) is -3.77. The zero-order valence-corrected chi connectivity index (χ0v) is 22.9. The number of aliphatic hydroxyl groups excluding tert-OH is 1. The number of nitrogens with two attached hydrogens (primary N) is 1. The molecule has 38 heavy (non-hydrogen) atoms. The fourth-order valence-electron chi connectivity index (χ4n) is 4.05. The molecule has 8 nitrogen and oxygen atoms in total. The molecule has 0 amide bonds. The number of aryl methyl sites for hydroxylation is 1. The van der Waals surface area contributed by atoms with Crippen LogP contribution in [0.3, 0.4) is 0 Å². The Labute approximate surface area is 224 Å². The van der Waals surface area contributed by atoms with Crippen LogP contribution >= 0.6 is 0 Å². The second kappa shape index (κ2) is 15.8. The average Bonchev–Trinajstić information content (AvgIpc) is 2.86. The molecule has 2 aromatic rings. The number of hydrogen-bond donors (Lipinski definition) is 3. The Bertz CT molecular complexity index is 1110. The summed E-state index contributed by atoms with van der Waals surface area (Å²) in [4.78, 5) is 12.7. The first kappa shape index (κ1) is 31.8. The molecule has 0 aromatic heterocycles. The molecular weight excluding hydrogens is 516 g/mol. The number of nitrogens with one attached hydrogen (secondary N) is 1. The highest BCUT2D eigenvalue weighted by atomic mass is 32.2. The van der Waals surface area contributed by atoms with Crippen molar-refractivity contribution in [3.8, 4) is 0 Å². The van der Waals surface area contributed by atoms with E-state index in [1.54, 1.807) is 0 Å². The van der Waals surface area contributed by atoms with Crippen molar-refractivity contribution in [1.82, 2.24) is 9.62 Å². The third kappa shape index (κ3) is 10.7. The maximum Gasteiger partial charge on any atom is 0.307 e. The molecule has 0 bridgehead atoms. The van der Waals surface area contributed by atoms with Crippen molar-refractivity contribution in [2.24, 2.45) is 5.73 Å². The molecule has 0 saturated carbocycles. The molecule has 0 aliphatic heterocycles. The molecule has 0 fully saturated rings. The van der Waals surface area contributed by atoms with Gasteiger partial charge in [-0.25, -0.2) is 17.2 Å². The van der Waals surface area contributed by atoms with Gasteiger partial charge >= 0.3 is 5.97 Å². The summed E-state index contributed by atoms with van der Waals surface area (Å²) in [6.07, 6.45) is 0.215. The van der Waals surface area contributed by atoms with Crippen LogP contribution in [0.25, 0.3) is 0 Å². The van der Waals surface area contributed by atoms with Gasteiger partial charge in [0.2, 0.25) is 10.0 Å². The largest absolute Gasteiger partial charge is 0.459 e. The average molecular weight is 556 g/mol. The van der Waals surface area contributed by atoms with Gasteiger partial charge in [-0.05, 0) is 48.1 Å². The van der Waals surface area contributed by atoms with Gasteiger partial charge < -0.3 is 20.9 Å². The van der Waals surface area contributed by atoms with Gasteiger partial charge in [-0.3, -0.25) is 4.79 Å². The van der Waals surface area contributed by atoms with E-state index < -0.39 is 51.9 Å². The van der Waals surface area contributed by atoms with Crippen LogP contribution in [0.1, 0.15) is 43.4 Å². The predicted octanol–water partition coefficient (Wildman–Crippen LogP) is 2.52. The smallest absolute Gasteiger partial charge is 0.307 e. The third-order valence-corrected chi connectivity index (χ3v) is 7.88. The number of esters is 1. The Kier molecular flexibility index (Phi) is 13.3. The van der Waals surface area contributed by atoms with Crippen molar-refractivity contribution < 1.29 is 31.8 Å². The van der Waals surface area contributed by atoms with Gasteiger partial charge in [0.15, 0.2) is 0 Å². The first-order valence-corrected chi connectivity index (χ1v) is 14.5. The van der Waals surface area contributed by atoms with Crippen LogP contribution in [-0.2, 0) is 38.9 Å². The Morgan fingerprint density at radius 1 is 1.08 bits per heavy atom. The van der Waals surface area contributed by atoms with Crippen LogP contribution in [0.4, 0.5) is 8.78 Å². The fourth-order valence-corrected chi connectivity index (χ4v) is 5.55. The van der Waals surface area contributed by atoms with Gasteiger partial charge in [-0.1, -0.05) is 38.1 Å². The van der Waals surface area contributed by atoms with Crippen molar-refractivity contribution in [3.05, 3.63) is 70.8 Å². The minimum Gasteiger partial charge on any atom is -0.459 e. The number of carbonyl (C=O) groups is 1. The number of sulfonamides is 1. The van der Waals surface area contributed by atoms with Crippen molar-refractivity contribution in [2.75, 3.05) is 32.0 Å². The minimum atomic E-state index is -3.77. The summed E-state index contributed by atoms with van der Waals surface area (Å²) >= 11 is 0. The lowest BCUT2D eigenvalue weighted by Crippen LogP contribution is -2.46. The summed E-state index contributed by atoms with van der Waals surface area (Å²) in [6, 6.07) is 10.3.